The predicted octanol–water partition coefficient (Wildman–Crippen LogP) is 3.42. The minimum absolute atomic E-state index is 0.000106. The fraction of sp³-hybridized carbons (Fsp3) is 0.286. The van der Waals surface area contributed by atoms with Gasteiger partial charge in [-0.25, -0.2) is 13.1 Å². The van der Waals surface area contributed by atoms with Crippen LogP contribution in [0.15, 0.2) is 58.2 Å². The third-order valence-corrected chi connectivity index (χ3v) is 6.31. The Labute approximate surface area is 170 Å². The first-order valence-corrected chi connectivity index (χ1v) is 10.7. The van der Waals surface area contributed by atoms with Gasteiger partial charge in [0.1, 0.15) is 16.3 Å². The molecule has 29 heavy (non-hydrogen) atoms. The van der Waals surface area contributed by atoms with E-state index in [1.807, 2.05) is 38.1 Å². The van der Waals surface area contributed by atoms with Crippen molar-refractivity contribution in [3.63, 3.8) is 0 Å². The van der Waals surface area contributed by atoms with Gasteiger partial charge in [0.25, 0.3) is 15.6 Å². The summed E-state index contributed by atoms with van der Waals surface area (Å²) in [5.41, 5.74) is 1.57. The second-order valence-corrected chi connectivity index (χ2v) is 8.76. The van der Waals surface area contributed by atoms with E-state index < -0.39 is 15.6 Å². The van der Waals surface area contributed by atoms with Gasteiger partial charge in [0.05, 0.1) is 18.5 Å². The summed E-state index contributed by atoms with van der Waals surface area (Å²) in [4.78, 5) is 13.0. The zero-order valence-corrected chi connectivity index (χ0v) is 17.9. The summed E-state index contributed by atoms with van der Waals surface area (Å²) >= 11 is 0. The van der Waals surface area contributed by atoms with Crippen molar-refractivity contribution in [2.45, 2.75) is 31.6 Å². The summed E-state index contributed by atoms with van der Waals surface area (Å²) < 4.78 is 37.1. The Hall–Kier alpha value is -3.00. The molecule has 0 aliphatic heterocycles. The molecule has 0 amide bonds. The molecule has 3 rings (SSSR count). The number of sulfonamides is 1. The molecule has 1 N–H and O–H groups in total. The van der Waals surface area contributed by atoms with Crippen molar-refractivity contribution in [2.75, 3.05) is 11.8 Å². The van der Waals surface area contributed by atoms with Crippen LogP contribution in [0.4, 0.5) is 5.69 Å². The van der Waals surface area contributed by atoms with E-state index in [4.69, 9.17) is 4.74 Å². The van der Waals surface area contributed by atoms with E-state index >= 15 is 0 Å². The van der Waals surface area contributed by atoms with Crippen LogP contribution in [0.2, 0.25) is 0 Å². The first-order valence-electron chi connectivity index (χ1n) is 9.22. The number of nitrogens with zero attached hydrogens (tertiary/aromatic N) is 2. The molecule has 7 nitrogen and oxygen atoms in total. The summed E-state index contributed by atoms with van der Waals surface area (Å²) in [5, 5.41) is 0. The van der Waals surface area contributed by atoms with E-state index in [0.29, 0.717) is 11.4 Å². The molecule has 1 aromatic heterocycles. The molecular weight excluding hydrogens is 390 g/mol. The van der Waals surface area contributed by atoms with Gasteiger partial charge in [-0.05, 0) is 42.7 Å². The Kier molecular flexibility index (Phi) is 5.57. The van der Waals surface area contributed by atoms with E-state index in [0.717, 1.165) is 5.56 Å². The molecule has 0 radical (unpaired) electrons. The van der Waals surface area contributed by atoms with Gasteiger partial charge >= 0.3 is 0 Å². The van der Waals surface area contributed by atoms with Gasteiger partial charge in [0.2, 0.25) is 0 Å². The Morgan fingerprint density at radius 1 is 1.07 bits per heavy atom. The highest BCUT2D eigenvalue weighted by molar-refractivity contribution is 7.92. The van der Waals surface area contributed by atoms with E-state index in [1.165, 1.54) is 11.8 Å². The first kappa shape index (κ1) is 20.7. The molecule has 0 fully saturated rings. The van der Waals surface area contributed by atoms with Crippen LogP contribution in [0.3, 0.4) is 0 Å². The number of nitrogens with one attached hydrogen (secondary N) is 1. The quantitative estimate of drug-likeness (QED) is 0.669. The number of methoxy groups -OCH3 is 1. The zero-order valence-electron chi connectivity index (χ0n) is 17.1. The van der Waals surface area contributed by atoms with Crippen molar-refractivity contribution in [3.05, 3.63) is 70.1 Å². The molecule has 1 heterocycles. The highest BCUT2D eigenvalue weighted by atomic mass is 32.2. The van der Waals surface area contributed by atoms with Crippen LogP contribution in [0.5, 0.6) is 5.75 Å². The van der Waals surface area contributed by atoms with Crippen LogP contribution in [0.1, 0.15) is 31.0 Å². The van der Waals surface area contributed by atoms with E-state index in [1.54, 1.807) is 42.9 Å². The third-order valence-electron chi connectivity index (χ3n) is 4.93. The molecule has 0 spiro atoms. The topological polar surface area (TPSA) is 82.3 Å². The second kappa shape index (κ2) is 7.79. The predicted molar refractivity (Wildman–Crippen MR) is 114 cm³/mol. The highest BCUT2D eigenvalue weighted by Crippen LogP contribution is 2.29. The normalized spacial score (nSPS) is 11.7. The van der Waals surface area contributed by atoms with Crippen molar-refractivity contribution in [1.29, 1.82) is 0 Å². The lowest BCUT2D eigenvalue weighted by molar-refractivity contribution is 0.402. The molecule has 0 aliphatic rings. The fourth-order valence-electron chi connectivity index (χ4n) is 3.14. The summed E-state index contributed by atoms with van der Waals surface area (Å²) in [5.74, 6) is 0.363. The zero-order chi connectivity index (χ0) is 21.3. The Morgan fingerprint density at radius 2 is 1.72 bits per heavy atom. The van der Waals surface area contributed by atoms with Crippen molar-refractivity contribution in [2.24, 2.45) is 7.05 Å². The van der Waals surface area contributed by atoms with E-state index in [-0.39, 0.29) is 22.3 Å². The molecular formula is C21H25N3O4S. The molecule has 2 aromatic carbocycles. The van der Waals surface area contributed by atoms with E-state index in [9.17, 15) is 13.2 Å². The summed E-state index contributed by atoms with van der Waals surface area (Å²) in [6, 6.07) is 14.1. The standard InChI is InChI=1S/C21H25N3O4S/c1-14(2)16-11-12-18(28-5)19(13-16)29(26,27)22-20-15(3)23(4)24(21(20)25)17-9-7-6-8-10-17/h6-14,22H,1-5H3. The molecule has 0 aliphatic carbocycles. The number of hydrogen-bond donors (Lipinski definition) is 1. The Morgan fingerprint density at radius 3 is 2.31 bits per heavy atom. The van der Waals surface area contributed by atoms with Crippen LogP contribution < -0.4 is 15.0 Å². The number of hydrogen-bond acceptors (Lipinski definition) is 4. The summed E-state index contributed by atoms with van der Waals surface area (Å²) in [6.45, 7) is 5.65. The van der Waals surface area contributed by atoms with E-state index in [2.05, 4.69) is 4.72 Å². The van der Waals surface area contributed by atoms with Crippen LogP contribution in [-0.4, -0.2) is 24.9 Å². The third kappa shape index (κ3) is 3.80. The van der Waals surface area contributed by atoms with Gasteiger partial charge in [-0.15, -0.1) is 0 Å². The average Bonchev–Trinajstić information content (AvgIpc) is 2.91. The van der Waals surface area contributed by atoms with Crippen molar-refractivity contribution in [3.8, 4) is 11.4 Å². The first-order chi connectivity index (χ1) is 13.7. The number of ether oxygens (including phenoxy) is 1. The molecule has 0 bridgehead atoms. The molecule has 154 valence electrons. The number of anilines is 1. The average molecular weight is 416 g/mol. The summed E-state index contributed by atoms with van der Waals surface area (Å²) in [6.07, 6.45) is 0. The van der Waals surface area contributed by atoms with Gasteiger partial charge < -0.3 is 4.74 Å². The monoisotopic (exact) mass is 415 g/mol. The van der Waals surface area contributed by atoms with Gasteiger partial charge in [-0.2, -0.15) is 0 Å². The van der Waals surface area contributed by atoms with Gasteiger partial charge in [0, 0.05) is 7.05 Å². The maximum absolute atomic E-state index is 13.2. The number of rotatable bonds is 6. The number of para-hydroxylation sites is 1. The lowest BCUT2D eigenvalue weighted by atomic mass is 10.0. The summed E-state index contributed by atoms with van der Waals surface area (Å²) in [7, 11) is -0.918. The SMILES string of the molecule is COc1ccc(C(C)C)cc1S(=O)(=O)Nc1c(C)n(C)n(-c2ccccc2)c1=O. The fourth-order valence-corrected chi connectivity index (χ4v) is 4.46. The molecule has 3 aromatic rings. The van der Waals surface area contributed by atoms with Crippen molar-refractivity contribution >= 4 is 15.7 Å². The number of benzene rings is 2. The largest absolute Gasteiger partial charge is 0.495 e. The molecule has 0 atom stereocenters. The molecule has 0 saturated carbocycles. The van der Waals surface area contributed by atoms with Crippen LogP contribution in [0.25, 0.3) is 5.69 Å². The van der Waals surface area contributed by atoms with Gasteiger partial charge in [-0.3, -0.25) is 14.2 Å². The van der Waals surface area contributed by atoms with Gasteiger partial charge in [-0.1, -0.05) is 38.1 Å². The molecule has 8 heteroatoms. The molecule has 0 saturated heterocycles. The van der Waals surface area contributed by atoms with Crippen LogP contribution >= 0.6 is 0 Å². The van der Waals surface area contributed by atoms with Crippen molar-refractivity contribution in [1.82, 2.24) is 9.36 Å². The lowest BCUT2D eigenvalue weighted by Gasteiger charge is -2.14. The maximum atomic E-state index is 13.2. The number of aromatic nitrogens is 2. The molecule has 0 unspecified atom stereocenters. The van der Waals surface area contributed by atoms with Gasteiger partial charge in [0.15, 0.2) is 0 Å². The smallest absolute Gasteiger partial charge is 0.296 e. The second-order valence-electron chi connectivity index (χ2n) is 7.11. The minimum atomic E-state index is -4.04. The van der Waals surface area contributed by atoms with Crippen molar-refractivity contribution < 1.29 is 13.2 Å². The van der Waals surface area contributed by atoms with Crippen LogP contribution in [0, 0.1) is 6.92 Å². The van der Waals surface area contributed by atoms with Crippen LogP contribution in [-0.2, 0) is 17.1 Å². The lowest BCUT2D eigenvalue weighted by Crippen LogP contribution is -2.23. The highest BCUT2D eigenvalue weighted by Gasteiger charge is 2.25. The maximum Gasteiger partial charge on any atom is 0.296 e. The minimum Gasteiger partial charge on any atom is -0.495 e. The Balaban J connectivity index is 2.12. The Bertz CT molecular complexity index is 1190.